The summed E-state index contributed by atoms with van der Waals surface area (Å²) in [5, 5.41) is 3.12. The molecule has 0 aromatic rings. The first-order valence-electron chi connectivity index (χ1n) is 8.46. The summed E-state index contributed by atoms with van der Waals surface area (Å²) in [6, 6.07) is 0.208. The Balaban J connectivity index is 4.18. The van der Waals surface area contributed by atoms with E-state index >= 15 is 0 Å². The fourth-order valence-corrected chi connectivity index (χ4v) is 2.78. The standard InChI is InChI=1S/C17H37N3O/c1-7-20(8-2)13-14(3)19-16(21)10-9-15(11-12-18)17(4,5)6/h14-15H,7-13,18H2,1-6H3,(H,19,21). The van der Waals surface area contributed by atoms with Crippen molar-refractivity contribution in [2.75, 3.05) is 26.2 Å². The van der Waals surface area contributed by atoms with Gasteiger partial charge < -0.3 is 16.0 Å². The van der Waals surface area contributed by atoms with Crippen LogP contribution >= 0.6 is 0 Å². The van der Waals surface area contributed by atoms with E-state index in [0.717, 1.165) is 32.5 Å². The van der Waals surface area contributed by atoms with Crippen molar-refractivity contribution in [1.82, 2.24) is 10.2 Å². The molecule has 126 valence electrons. The highest BCUT2D eigenvalue weighted by Gasteiger charge is 2.24. The topological polar surface area (TPSA) is 58.4 Å². The molecule has 4 heteroatoms. The van der Waals surface area contributed by atoms with Crippen LogP contribution < -0.4 is 11.1 Å². The van der Waals surface area contributed by atoms with Gasteiger partial charge in [-0.05, 0) is 50.7 Å². The number of hydrogen-bond donors (Lipinski definition) is 2. The summed E-state index contributed by atoms with van der Waals surface area (Å²) in [5.74, 6) is 0.673. The van der Waals surface area contributed by atoms with E-state index in [0.29, 0.717) is 18.9 Å². The lowest BCUT2D eigenvalue weighted by Gasteiger charge is -2.30. The van der Waals surface area contributed by atoms with E-state index in [1.165, 1.54) is 0 Å². The van der Waals surface area contributed by atoms with Crippen LogP contribution in [-0.4, -0.2) is 43.0 Å². The third-order valence-corrected chi connectivity index (χ3v) is 4.29. The maximum atomic E-state index is 12.1. The number of rotatable bonds is 10. The lowest BCUT2D eigenvalue weighted by molar-refractivity contribution is -0.122. The lowest BCUT2D eigenvalue weighted by Crippen LogP contribution is -2.42. The van der Waals surface area contributed by atoms with Crippen molar-refractivity contribution in [3.8, 4) is 0 Å². The Bertz CT molecular complexity index is 282. The van der Waals surface area contributed by atoms with Gasteiger partial charge in [0.25, 0.3) is 0 Å². The van der Waals surface area contributed by atoms with E-state index in [-0.39, 0.29) is 17.4 Å². The van der Waals surface area contributed by atoms with Crippen LogP contribution in [0, 0.1) is 11.3 Å². The van der Waals surface area contributed by atoms with Gasteiger partial charge in [0.1, 0.15) is 0 Å². The van der Waals surface area contributed by atoms with E-state index in [2.05, 4.69) is 51.8 Å². The Kier molecular flexibility index (Phi) is 9.88. The quantitative estimate of drug-likeness (QED) is 0.652. The molecule has 1 amide bonds. The molecule has 0 heterocycles. The predicted molar refractivity (Wildman–Crippen MR) is 91.2 cm³/mol. The number of amides is 1. The molecule has 0 saturated carbocycles. The second kappa shape index (κ2) is 10.2. The van der Waals surface area contributed by atoms with Gasteiger partial charge in [0.05, 0.1) is 0 Å². The molecule has 0 aromatic heterocycles. The van der Waals surface area contributed by atoms with E-state index < -0.39 is 0 Å². The van der Waals surface area contributed by atoms with Gasteiger partial charge in [0.2, 0.25) is 5.91 Å². The number of nitrogens with zero attached hydrogens (tertiary/aromatic N) is 1. The zero-order chi connectivity index (χ0) is 16.5. The zero-order valence-electron chi connectivity index (χ0n) is 15.0. The van der Waals surface area contributed by atoms with Gasteiger partial charge >= 0.3 is 0 Å². The van der Waals surface area contributed by atoms with Crippen LogP contribution in [0.4, 0.5) is 0 Å². The summed E-state index contributed by atoms with van der Waals surface area (Å²) in [6.07, 6.45) is 2.51. The highest BCUT2D eigenvalue weighted by atomic mass is 16.1. The third-order valence-electron chi connectivity index (χ3n) is 4.29. The van der Waals surface area contributed by atoms with Crippen LogP contribution in [0.15, 0.2) is 0 Å². The smallest absolute Gasteiger partial charge is 0.220 e. The van der Waals surface area contributed by atoms with E-state index in [1.807, 2.05) is 0 Å². The molecule has 2 unspecified atom stereocenters. The lowest BCUT2D eigenvalue weighted by atomic mass is 9.76. The van der Waals surface area contributed by atoms with Crippen molar-refractivity contribution in [3.63, 3.8) is 0 Å². The number of nitrogens with one attached hydrogen (secondary N) is 1. The van der Waals surface area contributed by atoms with Crippen LogP contribution in [0.5, 0.6) is 0 Å². The molecule has 0 spiro atoms. The SMILES string of the molecule is CCN(CC)CC(C)NC(=O)CCC(CCN)C(C)(C)C. The van der Waals surface area contributed by atoms with Crippen LogP contribution in [0.1, 0.15) is 60.8 Å². The molecule has 0 fully saturated rings. The third kappa shape index (κ3) is 9.10. The molecule has 2 atom stereocenters. The second-order valence-electron chi connectivity index (χ2n) is 7.13. The fourth-order valence-electron chi connectivity index (χ4n) is 2.78. The molecule has 0 radical (unpaired) electrons. The predicted octanol–water partition coefficient (Wildman–Crippen LogP) is 2.62. The van der Waals surface area contributed by atoms with Gasteiger partial charge in [-0.15, -0.1) is 0 Å². The summed E-state index contributed by atoms with van der Waals surface area (Å²) < 4.78 is 0. The molecule has 3 N–H and O–H groups in total. The summed E-state index contributed by atoms with van der Waals surface area (Å²) in [6.45, 7) is 16.7. The monoisotopic (exact) mass is 299 g/mol. The average Bonchev–Trinajstić information content (AvgIpc) is 2.39. The number of carbonyl (C=O) groups is 1. The first-order valence-corrected chi connectivity index (χ1v) is 8.46. The molecule has 0 saturated heterocycles. The second-order valence-corrected chi connectivity index (χ2v) is 7.13. The molecule has 0 aliphatic heterocycles. The Morgan fingerprint density at radius 3 is 2.19 bits per heavy atom. The molecule has 21 heavy (non-hydrogen) atoms. The largest absolute Gasteiger partial charge is 0.352 e. The highest BCUT2D eigenvalue weighted by molar-refractivity contribution is 5.76. The first-order chi connectivity index (χ1) is 9.74. The van der Waals surface area contributed by atoms with Gasteiger partial charge in [0, 0.05) is 19.0 Å². The summed E-state index contributed by atoms with van der Waals surface area (Å²) in [7, 11) is 0. The zero-order valence-corrected chi connectivity index (χ0v) is 15.0. The van der Waals surface area contributed by atoms with Crippen molar-refractivity contribution in [2.45, 2.75) is 66.8 Å². The molecule has 0 rings (SSSR count). The van der Waals surface area contributed by atoms with Gasteiger partial charge in [-0.3, -0.25) is 4.79 Å². The van der Waals surface area contributed by atoms with Crippen molar-refractivity contribution in [1.29, 1.82) is 0 Å². The van der Waals surface area contributed by atoms with Gasteiger partial charge in [0.15, 0.2) is 0 Å². The maximum Gasteiger partial charge on any atom is 0.220 e. The normalized spacial score (nSPS) is 15.0. The van der Waals surface area contributed by atoms with Crippen LogP contribution in [-0.2, 0) is 4.79 Å². The molecular formula is C17H37N3O. The average molecular weight is 300 g/mol. The Morgan fingerprint density at radius 1 is 1.19 bits per heavy atom. The Morgan fingerprint density at radius 2 is 1.76 bits per heavy atom. The van der Waals surface area contributed by atoms with Gasteiger partial charge in [-0.2, -0.15) is 0 Å². The summed E-state index contributed by atoms with van der Waals surface area (Å²) in [5.41, 5.74) is 5.91. The van der Waals surface area contributed by atoms with Crippen LogP contribution in [0.25, 0.3) is 0 Å². The minimum absolute atomic E-state index is 0.168. The molecule has 0 aliphatic rings. The van der Waals surface area contributed by atoms with Crippen LogP contribution in [0.2, 0.25) is 0 Å². The summed E-state index contributed by atoms with van der Waals surface area (Å²) >= 11 is 0. The van der Waals surface area contributed by atoms with Crippen LogP contribution in [0.3, 0.4) is 0 Å². The van der Waals surface area contributed by atoms with Crippen molar-refractivity contribution in [2.24, 2.45) is 17.1 Å². The molecule has 0 aromatic carbocycles. The molecule has 0 aliphatic carbocycles. The minimum Gasteiger partial charge on any atom is -0.352 e. The number of nitrogens with two attached hydrogens (primary N) is 1. The van der Waals surface area contributed by atoms with E-state index in [1.54, 1.807) is 0 Å². The maximum absolute atomic E-state index is 12.1. The molecule has 0 bridgehead atoms. The number of likely N-dealkylation sites (N-methyl/N-ethyl adjacent to an activating group) is 1. The molecule has 4 nitrogen and oxygen atoms in total. The Labute approximate surface area is 131 Å². The Hall–Kier alpha value is -0.610. The van der Waals surface area contributed by atoms with Crippen molar-refractivity contribution < 1.29 is 4.79 Å². The van der Waals surface area contributed by atoms with Crippen molar-refractivity contribution in [3.05, 3.63) is 0 Å². The number of hydrogen-bond acceptors (Lipinski definition) is 3. The van der Waals surface area contributed by atoms with E-state index in [9.17, 15) is 4.79 Å². The highest BCUT2D eigenvalue weighted by Crippen LogP contribution is 2.31. The fraction of sp³-hybridized carbons (Fsp3) is 0.941. The summed E-state index contributed by atoms with van der Waals surface area (Å²) in [4.78, 5) is 14.4. The van der Waals surface area contributed by atoms with Crippen molar-refractivity contribution >= 4 is 5.91 Å². The first kappa shape index (κ1) is 20.4. The van der Waals surface area contributed by atoms with Gasteiger partial charge in [-0.25, -0.2) is 0 Å². The number of carbonyl (C=O) groups excluding carboxylic acids is 1. The molecular weight excluding hydrogens is 262 g/mol. The van der Waals surface area contributed by atoms with E-state index in [4.69, 9.17) is 5.73 Å². The van der Waals surface area contributed by atoms with Gasteiger partial charge in [-0.1, -0.05) is 34.6 Å². The minimum atomic E-state index is 0.168.